The topological polar surface area (TPSA) is 74.7 Å². The molecule has 0 radical (unpaired) electrons. The van der Waals surface area contributed by atoms with Crippen LogP contribution < -0.4 is 11.1 Å². The van der Waals surface area contributed by atoms with E-state index >= 15 is 0 Å². The van der Waals surface area contributed by atoms with Gasteiger partial charge in [-0.1, -0.05) is 0 Å². The highest BCUT2D eigenvalue weighted by atomic mass is 79.9. The van der Waals surface area contributed by atoms with Crippen LogP contribution in [0.15, 0.2) is 28.9 Å². The van der Waals surface area contributed by atoms with E-state index in [-0.39, 0.29) is 5.82 Å². The second-order valence-electron chi connectivity index (χ2n) is 3.98. The van der Waals surface area contributed by atoms with E-state index in [9.17, 15) is 4.39 Å². The van der Waals surface area contributed by atoms with Crippen LogP contribution in [0, 0.1) is 24.1 Å². The Morgan fingerprint density at radius 3 is 2.84 bits per heavy atom. The summed E-state index contributed by atoms with van der Waals surface area (Å²) in [6.07, 6.45) is 1.44. The van der Waals surface area contributed by atoms with Crippen molar-refractivity contribution in [3.05, 3.63) is 45.8 Å². The fraction of sp³-hybridized carbons (Fsp3) is 0.0769. The number of pyridine rings is 1. The van der Waals surface area contributed by atoms with Crippen molar-refractivity contribution in [3.8, 4) is 6.07 Å². The Bertz CT molecular complexity index is 679. The summed E-state index contributed by atoms with van der Waals surface area (Å²) in [5.41, 5.74) is 7.65. The lowest BCUT2D eigenvalue weighted by molar-refractivity contribution is 0.621. The number of hydrogen-bond acceptors (Lipinski definition) is 4. The van der Waals surface area contributed by atoms with Crippen molar-refractivity contribution in [3.63, 3.8) is 0 Å². The van der Waals surface area contributed by atoms with Crippen LogP contribution in [0.4, 0.5) is 21.6 Å². The number of nitrogen functional groups attached to an aromatic ring is 1. The molecule has 0 fully saturated rings. The van der Waals surface area contributed by atoms with E-state index in [1.807, 2.05) is 13.0 Å². The van der Waals surface area contributed by atoms with Gasteiger partial charge in [-0.2, -0.15) is 5.26 Å². The van der Waals surface area contributed by atoms with Crippen LogP contribution in [0.5, 0.6) is 0 Å². The fourth-order valence-corrected chi connectivity index (χ4v) is 2.03. The molecule has 2 aromatic rings. The first-order valence-corrected chi connectivity index (χ1v) is 6.19. The predicted octanol–water partition coefficient (Wildman–Crippen LogP) is 3.49. The number of nitriles is 1. The smallest absolute Gasteiger partial charge is 0.148 e. The number of aromatic nitrogens is 1. The average Bonchev–Trinajstić information content (AvgIpc) is 2.37. The number of aryl methyl sites for hydroxylation is 1. The minimum Gasteiger partial charge on any atom is -0.397 e. The molecule has 4 nitrogen and oxygen atoms in total. The van der Waals surface area contributed by atoms with E-state index in [0.717, 1.165) is 5.56 Å². The second kappa shape index (κ2) is 5.24. The predicted molar refractivity (Wildman–Crippen MR) is 75.5 cm³/mol. The van der Waals surface area contributed by atoms with Gasteiger partial charge in [-0.3, -0.25) is 0 Å². The minimum atomic E-state index is -0.387. The average molecular weight is 321 g/mol. The van der Waals surface area contributed by atoms with Gasteiger partial charge in [-0.15, -0.1) is 0 Å². The minimum absolute atomic E-state index is 0.308. The number of nitrogens with two attached hydrogens (primary N) is 1. The molecule has 1 aromatic heterocycles. The van der Waals surface area contributed by atoms with Crippen LogP contribution in [0.1, 0.15) is 11.1 Å². The van der Waals surface area contributed by atoms with Crippen molar-refractivity contribution in [2.24, 2.45) is 0 Å². The molecule has 0 bridgehead atoms. The Hall–Kier alpha value is -2.13. The molecule has 1 heterocycles. The third-order valence-corrected chi connectivity index (χ3v) is 3.16. The van der Waals surface area contributed by atoms with E-state index in [1.54, 1.807) is 6.07 Å². The number of rotatable bonds is 2. The monoisotopic (exact) mass is 320 g/mol. The lowest BCUT2D eigenvalue weighted by Crippen LogP contribution is -2.00. The van der Waals surface area contributed by atoms with Crippen molar-refractivity contribution in [1.29, 1.82) is 5.26 Å². The number of hydrogen-bond donors (Lipinski definition) is 2. The van der Waals surface area contributed by atoms with Gasteiger partial charge in [-0.25, -0.2) is 9.37 Å². The van der Waals surface area contributed by atoms with E-state index < -0.39 is 0 Å². The molecule has 6 heteroatoms. The molecule has 0 atom stereocenters. The number of nitrogens with zero attached hydrogens (tertiary/aromatic N) is 2. The van der Waals surface area contributed by atoms with Gasteiger partial charge in [0.15, 0.2) is 0 Å². The molecule has 0 unspecified atom stereocenters. The molecule has 0 saturated heterocycles. The zero-order valence-electron chi connectivity index (χ0n) is 10.0. The third-order valence-electron chi connectivity index (χ3n) is 2.55. The molecule has 0 amide bonds. The van der Waals surface area contributed by atoms with Gasteiger partial charge < -0.3 is 11.1 Å². The Labute approximate surface area is 118 Å². The first-order valence-electron chi connectivity index (χ1n) is 5.39. The molecular weight excluding hydrogens is 311 g/mol. The summed E-state index contributed by atoms with van der Waals surface area (Å²) < 4.78 is 13.9. The van der Waals surface area contributed by atoms with Crippen LogP contribution >= 0.6 is 15.9 Å². The van der Waals surface area contributed by atoms with E-state index in [0.29, 0.717) is 27.2 Å². The number of halogens is 2. The molecular formula is C13H10BrFN4. The van der Waals surface area contributed by atoms with Crippen molar-refractivity contribution < 1.29 is 4.39 Å². The number of anilines is 3. The van der Waals surface area contributed by atoms with Crippen molar-refractivity contribution >= 4 is 33.1 Å². The zero-order valence-corrected chi connectivity index (χ0v) is 11.6. The third kappa shape index (κ3) is 2.83. The quantitative estimate of drug-likeness (QED) is 0.888. The summed E-state index contributed by atoms with van der Waals surface area (Å²) in [4.78, 5) is 4.04. The standard InChI is InChI=1S/C13H10BrFN4/c1-7-2-10(14)11(15)4-12(7)19-13-8(5-16)3-9(17)6-18-13/h2-4,6H,17H2,1H3,(H,18,19). The highest BCUT2D eigenvalue weighted by Gasteiger charge is 2.09. The molecule has 0 aliphatic heterocycles. The molecule has 96 valence electrons. The van der Waals surface area contributed by atoms with E-state index in [2.05, 4.69) is 26.2 Å². The molecule has 2 rings (SSSR count). The van der Waals surface area contributed by atoms with E-state index in [1.165, 1.54) is 18.3 Å². The van der Waals surface area contributed by atoms with Gasteiger partial charge in [0.1, 0.15) is 17.7 Å². The molecule has 0 saturated carbocycles. The SMILES string of the molecule is Cc1cc(Br)c(F)cc1Nc1ncc(N)cc1C#N. The van der Waals surface area contributed by atoms with Crippen molar-refractivity contribution in [2.45, 2.75) is 6.92 Å². The highest BCUT2D eigenvalue weighted by molar-refractivity contribution is 9.10. The highest BCUT2D eigenvalue weighted by Crippen LogP contribution is 2.27. The van der Waals surface area contributed by atoms with Gasteiger partial charge in [0.25, 0.3) is 0 Å². The van der Waals surface area contributed by atoms with Crippen molar-refractivity contribution in [1.82, 2.24) is 4.98 Å². The van der Waals surface area contributed by atoms with Crippen LogP contribution in [-0.2, 0) is 0 Å². The van der Waals surface area contributed by atoms with Crippen LogP contribution in [0.2, 0.25) is 0 Å². The van der Waals surface area contributed by atoms with Crippen LogP contribution in [0.3, 0.4) is 0 Å². The largest absolute Gasteiger partial charge is 0.397 e. The summed E-state index contributed by atoms with van der Waals surface area (Å²) in [6, 6.07) is 6.51. The molecule has 19 heavy (non-hydrogen) atoms. The molecule has 1 aromatic carbocycles. The lowest BCUT2D eigenvalue weighted by Gasteiger charge is -2.11. The zero-order chi connectivity index (χ0) is 14.0. The second-order valence-corrected chi connectivity index (χ2v) is 4.84. The summed E-state index contributed by atoms with van der Waals surface area (Å²) in [6.45, 7) is 1.83. The molecule has 0 aliphatic carbocycles. The summed E-state index contributed by atoms with van der Waals surface area (Å²) >= 11 is 3.12. The summed E-state index contributed by atoms with van der Waals surface area (Å²) in [5, 5.41) is 12.0. The Balaban J connectivity index is 2.42. The maximum absolute atomic E-state index is 13.5. The Morgan fingerprint density at radius 2 is 2.16 bits per heavy atom. The maximum Gasteiger partial charge on any atom is 0.148 e. The van der Waals surface area contributed by atoms with Gasteiger partial charge in [-0.05, 0) is 46.6 Å². The van der Waals surface area contributed by atoms with Crippen LogP contribution in [0.25, 0.3) is 0 Å². The summed E-state index contributed by atoms with van der Waals surface area (Å²) in [7, 11) is 0. The Kier molecular flexibility index (Phi) is 3.67. The molecule has 3 N–H and O–H groups in total. The lowest BCUT2D eigenvalue weighted by atomic mass is 10.2. The van der Waals surface area contributed by atoms with Gasteiger partial charge in [0.05, 0.1) is 21.9 Å². The van der Waals surface area contributed by atoms with Gasteiger partial charge in [0.2, 0.25) is 0 Å². The number of benzene rings is 1. The van der Waals surface area contributed by atoms with E-state index in [4.69, 9.17) is 11.0 Å². The molecule has 0 spiro atoms. The fourth-order valence-electron chi connectivity index (χ4n) is 1.57. The summed E-state index contributed by atoms with van der Waals surface area (Å²) in [5.74, 6) is -0.0384. The first kappa shape index (κ1) is 13.3. The first-order chi connectivity index (χ1) is 9.01. The normalized spacial score (nSPS) is 10.0. The maximum atomic E-state index is 13.5. The molecule has 0 aliphatic rings. The van der Waals surface area contributed by atoms with Gasteiger partial charge >= 0.3 is 0 Å². The number of nitrogens with one attached hydrogen (secondary N) is 1. The van der Waals surface area contributed by atoms with Gasteiger partial charge in [0, 0.05) is 5.69 Å². The van der Waals surface area contributed by atoms with Crippen LogP contribution in [-0.4, -0.2) is 4.98 Å². The van der Waals surface area contributed by atoms with Crippen molar-refractivity contribution in [2.75, 3.05) is 11.1 Å². The Morgan fingerprint density at radius 1 is 1.42 bits per heavy atom.